The summed E-state index contributed by atoms with van der Waals surface area (Å²) in [4.78, 5) is 26.5. The van der Waals surface area contributed by atoms with Gasteiger partial charge in [0.25, 0.3) is 0 Å². The smallest absolute Gasteiger partial charge is 0.242 e. The molecule has 1 N–H and O–H groups in total. The lowest BCUT2D eigenvalue weighted by atomic mass is 10.1. The Morgan fingerprint density at radius 3 is 2.26 bits per heavy atom. The Morgan fingerprint density at radius 1 is 1.04 bits per heavy atom. The van der Waals surface area contributed by atoms with E-state index in [1.807, 2.05) is 12.1 Å². The molecule has 2 aromatic rings. The van der Waals surface area contributed by atoms with Crippen LogP contribution in [0.3, 0.4) is 0 Å². The quantitative estimate of drug-likeness (QED) is 0.669. The van der Waals surface area contributed by atoms with Crippen molar-refractivity contribution in [2.75, 3.05) is 0 Å². The fourth-order valence-electron chi connectivity index (χ4n) is 2.57. The number of nitrogens with zero attached hydrogens (tertiary/aromatic N) is 1. The summed E-state index contributed by atoms with van der Waals surface area (Å²) < 4.78 is 0. The summed E-state index contributed by atoms with van der Waals surface area (Å²) in [6.07, 6.45) is 0.314. The first-order valence-corrected chi connectivity index (χ1v) is 9.70. The van der Waals surface area contributed by atoms with Gasteiger partial charge in [0.15, 0.2) is 0 Å². The van der Waals surface area contributed by atoms with Crippen LogP contribution >= 0.6 is 34.8 Å². The Hall–Kier alpha value is -1.75. The normalized spacial score (nSPS) is 11.7. The van der Waals surface area contributed by atoms with E-state index in [9.17, 15) is 9.59 Å². The summed E-state index contributed by atoms with van der Waals surface area (Å²) in [6, 6.07) is 11.7. The number of carbonyl (C=O) groups is 2. The number of halogens is 3. The maximum atomic E-state index is 12.6. The zero-order valence-corrected chi connectivity index (χ0v) is 17.4. The first-order chi connectivity index (χ1) is 12.8. The Balaban J connectivity index is 2.06. The van der Waals surface area contributed by atoms with Crippen LogP contribution in [-0.2, 0) is 22.7 Å². The van der Waals surface area contributed by atoms with Crippen LogP contribution in [0, 0.1) is 0 Å². The van der Waals surface area contributed by atoms with Crippen molar-refractivity contribution in [3.63, 3.8) is 0 Å². The van der Waals surface area contributed by atoms with Gasteiger partial charge in [-0.15, -0.1) is 0 Å². The van der Waals surface area contributed by atoms with Gasteiger partial charge in [-0.3, -0.25) is 9.59 Å². The molecule has 0 saturated carbocycles. The van der Waals surface area contributed by atoms with E-state index in [-0.39, 0.29) is 18.4 Å². The number of hydrogen-bond donors (Lipinski definition) is 1. The highest BCUT2D eigenvalue weighted by Gasteiger charge is 2.25. The molecule has 2 rings (SSSR count). The van der Waals surface area contributed by atoms with E-state index in [1.54, 1.807) is 49.1 Å². The molecule has 0 heterocycles. The SMILES string of the molecule is CCC(=O)N(Cc1ccc(Cl)cc1)C(C)C(=O)NCc1ccc(Cl)cc1Cl. The van der Waals surface area contributed by atoms with E-state index in [4.69, 9.17) is 34.8 Å². The molecule has 0 aliphatic carbocycles. The molecule has 0 aliphatic rings. The summed E-state index contributed by atoms with van der Waals surface area (Å²) >= 11 is 17.9. The van der Waals surface area contributed by atoms with Crippen LogP contribution in [0.1, 0.15) is 31.4 Å². The van der Waals surface area contributed by atoms with Gasteiger partial charge >= 0.3 is 0 Å². The van der Waals surface area contributed by atoms with Gasteiger partial charge in [-0.1, -0.05) is 59.9 Å². The summed E-state index contributed by atoms with van der Waals surface area (Å²) in [5.41, 5.74) is 1.66. The van der Waals surface area contributed by atoms with Crippen LogP contribution in [-0.4, -0.2) is 22.8 Å². The molecule has 0 fully saturated rings. The first-order valence-electron chi connectivity index (χ1n) is 8.57. The lowest BCUT2D eigenvalue weighted by Crippen LogP contribution is -2.47. The molecule has 0 radical (unpaired) electrons. The minimum absolute atomic E-state index is 0.0999. The van der Waals surface area contributed by atoms with Gasteiger partial charge in [0, 0.05) is 34.6 Å². The zero-order chi connectivity index (χ0) is 20.0. The molecule has 2 aromatic carbocycles. The van der Waals surface area contributed by atoms with Gasteiger partial charge in [-0.2, -0.15) is 0 Å². The lowest BCUT2D eigenvalue weighted by Gasteiger charge is -2.28. The van der Waals surface area contributed by atoms with Crippen molar-refractivity contribution in [2.24, 2.45) is 0 Å². The second-order valence-corrected chi connectivity index (χ2v) is 7.41. The van der Waals surface area contributed by atoms with Crippen molar-refractivity contribution in [1.29, 1.82) is 0 Å². The Kier molecular flexibility index (Phi) is 7.96. The first kappa shape index (κ1) is 21.5. The molecule has 0 saturated heterocycles. The molecular formula is C20H21Cl3N2O2. The highest BCUT2D eigenvalue weighted by Crippen LogP contribution is 2.21. The second kappa shape index (κ2) is 9.98. The third-order valence-corrected chi connectivity index (χ3v) is 5.04. The number of carbonyl (C=O) groups excluding carboxylic acids is 2. The molecule has 27 heavy (non-hydrogen) atoms. The van der Waals surface area contributed by atoms with Crippen molar-refractivity contribution >= 4 is 46.6 Å². The maximum Gasteiger partial charge on any atom is 0.242 e. The predicted octanol–water partition coefficient (Wildman–Crippen LogP) is 5.09. The van der Waals surface area contributed by atoms with E-state index < -0.39 is 6.04 Å². The van der Waals surface area contributed by atoms with Gasteiger partial charge in [-0.05, 0) is 42.3 Å². The van der Waals surface area contributed by atoms with Gasteiger partial charge in [-0.25, -0.2) is 0 Å². The topological polar surface area (TPSA) is 49.4 Å². The van der Waals surface area contributed by atoms with Crippen LogP contribution in [0.15, 0.2) is 42.5 Å². The van der Waals surface area contributed by atoms with E-state index in [0.29, 0.717) is 28.0 Å². The van der Waals surface area contributed by atoms with Gasteiger partial charge in [0.05, 0.1) is 0 Å². The highest BCUT2D eigenvalue weighted by atomic mass is 35.5. The van der Waals surface area contributed by atoms with E-state index in [1.165, 1.54) is 0 Å². The Morgan fingerprint density at radius 2 is 1.67 bits per heavy atom. The maximum absolute atomic E-state index is 12.6. The summed E-state index contributed by atoms with van der Waals surface area (Å²) in [7, 11) is 0. The largest absolute Gasteiger partial charge is 0.350 e. The number of amides is 2. The van der Waals surface area contributed by atoms with Crippen molar-refractivity contribution < 1.29 is 9.59 Å². The van der Waals surface area contributed by atoms with E-state index in [0.717, 1.165) is 11.1 Å². The van der Waals surface area contributed by atoms with Crippen LogP contribution < -0.4 is 5.32 Å². The number of benzene rings is 2. The summed E-state index contributed by atoms with van der Waals surface area (Å²) in [6.45, 7) is 4.08. The minimum atomic E-state index is -0.626. The molecule has 1 atom stereocenters. The highest BCUT2D eigenvalue weighted by molar-refractivity contribution is 6.35. The second-order valence-electron chi connectivity index (χ2n) is 6.13. The average Bonchev–Trinajstić information content (AvgIpc) is 2.65. The third-order valence-electron chi connectivity index (χ3n) is 4.20. The Bertz CT molecular complexity index is 809. The molecule has 0 aliphatic heterocycles. The fraction of sp³-hybridized carbons (Fsp3) is 0.300. The van der Waals surface area contributed by atoms with Crippen molar-refractivity contribution in [3.05, 3.63) is 68.7 Å². The van der Waals surface area contributed by atoms with E-state index in [2.05, 4.69) is 5.32 Å². The fourth-order valence-corrected chi connectivity index (χ4v) is 3.17. The molecule has 0 bridgehead atoms. The van der Waals surface area contributed by atoms with Crippen molar-refractivity contribution in [2.45, 2.75) is 39.4 Å². The molecule has 4 nitrogen and oxygen atoms in total. The third kappa shape index (κ3) is 6.13. The molecule has 7 heteroatoms. The average molecular weight is 428 g/mol. The minimum Gasteiger partial charge on any atom is -0.350 e. The van der Waals surface area contributed by atoms with E-state index >= 15 is 0 Å². The summed E-state index contributed by atoms with van der Waals surface area (Å²) in [5, 5.41) is 4.47. The lowest BCUT2D eigenvalue weighted by molar-refractivity contribution is -0.140. The van der Waals surface area contributed by atoms with Crippen LogP contribution in [0.5, 0.6) is 0 Å². The monoisotopic (exact) mass is 426 g/mol. The standard InChI is InChI=1S/C20H21Cl3N2O2/c1-3-19(26)25(12-14-4-7-16(21)8-5-14)13(2)20(27)24-11-15-6-9-17(22)10-18(15)23/h4-10,13H,3,11-12H2,1-2H3,(H,24,27). The van der Waals surface area contributed by atoms with Crippen LogP contribution in [0.25, 0.3) is 0 Å². The number of nitrogens with one attached hydrogen (secondary N) is 1. The van der Waals surface area contributed by atoms with Gasteiger partial charge in [0.1, 0.15) is 6.04 Å². The van der Waals surface area contributed by atoms with Crippen molar-refractivity contribution in [3.8, 4) is 0 Å². The molecule has 1 unspecified atom stereocenters. The van der Waals surface area contributed by atoms with Crippen LogP contribution in [0.4, 0.5) is 0 Å². The zero-order valence-electron chi connectivity index (χ0n) is 15.1. The molecule has 144 valence electrons. The Labute approximate surface area is 174 Å². The number of rotatable bonds is 7. The van der Waals surface area contributed by atoms with Crippen molar-refractivity contribution in [1.82, 2.24) is 10.2 Å². The van der Waals surface area contributed by atoms with Gasteiger partial charge in [0.2, 0.25) is 11.8 Å². The molecular weight excluding hydrogens is 407 g/mol. The molecule has 2 amide bonds. The predicted molar refractivity (Wildman–Crippen MR) is 110 cm³/mol. The molecule has 0 spiro atoms. The van der Waals surface area contributed by atoms with Gasteiger partial charge < -0.3 is 10.2 Å². The number of hydrogen-bond acceptors (Lipinski definition) is 2. The van der Waals surface area contributed by atoms with Crippen LogP contribution in [0.2, 0.25) is 15.1 Å². The molecule has 0 aromatic heterocycles. The summed E-state index contributed by atoms with van der Waals surface area (Å²) in [5.74, 6) is -0.353.